The predicted molar refractivity (Wildman–Crippen MR) is 106 cm³/mol. The average molecular weight is 395 g/mol. The Balaban J connectivity index is 2.13. The third-order valence-corrected chi connectivity index (χ3v) is 5.58. The lowest BCUT2D eigenvalue weighted by molar-refractivity contribution is -0.121. The molecule has 0 heterocycles. The quantitative estimate of drug-likeness (QED) is 0.782. The number of carbonyl (C=O) groups excluding carboxylic acids is 1. The van der Waals surface area contributed by atoms with Crippen LogP contribution in [0.4, 0.5) is 5.69 Å². The molecule has 7 heteroatoms. The van der Waals surface area contributed by atoms with E-state index in [-0.39, 0.29) is 11.8 Å². The van der Waals surface area contributed by atoms with E-state index in [4.69, 9.17) is 11.6 Å². The van der Waals surface area contributed by atoms with E-state index in [9.17, 15) is 13.2 Å². The molecule has 2 rings (SSSR count). The van der Waals surface area contributed by atoms with Crippen molar-refractivity contribution in [2.75, 3.05) is 17.1 Å². The van der Waals surface area contributed by atoms with Crippen LogP contribution in [0.2, 0.25) is 5.02 Å². The van der Waals surface area contributed by atoms with E-state index in [1.807, 2.05) is 37.3 Å². The van der Waals surface area contributed by atoms with Gasteiger partial charge in [0.2, 0.25) is 15.9 Å². The molecule has 0 aromatic heterocycles. The van der Waals surface area contributed by atoms with Gasteiger partial charge in [-0.2, -0.15) is 0 Å². The molecule has 0 aliphatic heterocycles. The Kier molecular flexibility index (Phi) is 6.67. The SMILES string of the molecule is C[C@H](C(=O)NC[C@H](C)c1ccccc1)N(c1cccc(Cl)c1)S(C)(=O)=O. The van der Waals surface area contributed by atoms with Crippen molar-refractivity contribution >= 4 is 33.2 Å². The fraction of sp³-hybridized carbons (Fsp3) is 0.316. The summed E-state index contributed by atoms with van der Waals surface area (Å²) in [6.07, 6.45) is 1.07. The maximum Gasteiger partial charge on any atom is 0.243 e. The molecule has 2 aromatic rings. The van der Waals surface area contributed by atoms with Crippen molar-refractivity contribution < 1.29 is 13.2 Å². The van der Waals surface area contributed by atoms with Gasteiger partial charge in [-0.25, -0.2) is 8.42 Å². The molecular weight excluding hydrogens is 372 g/mol. The smallest absolute Gasteiger partial charge is 0.243 e. The molecule has 1 N–H and O–H groups in total. The number of nitrogens with zero attached hydrogens (tertiary/aromatic N) is 1. The van der Waals surface area contributed by atoms with E-state index >= 15 is 0 Å². The number of hydrogen-bond acceptors (Lipinski definition) is 3. The zero-order chi connectivity index (χ0) is 19.3. The zero-order valence-corrected chi connectivity index (χ0v) is 16.6. The summed E-state index contributed by atoms with van der Waals surface area (Å²) >= 11 is 5.97. The van der Waals surface area contributed by atoms with Gasteiger partial charge in [0.1, 0.15) is 6.04 Å². The van der Waals surface area contributed by atoms with Crippen molar-refractivity contribution in [3.05, 3.63) is 65.2 Å². The molecule has 5 nitrogen and oxygen atoms in total. The first kappa shape index (κ1) is 20.3. The Morgan fingerprint density at radius 3 is 2.35 bits per heavy atom. The van der Waals surface area contributed by atoms with Gasteiger partial charge in [-0.05, 0) is 36.6 Å². The van der Waals surface area contributed by atoms with Crippen LogP contribution in [0.25, 0.3) is 0 Å². The minimum Gasteiger partial charge on any atom is -0.354 e. The molecule has 0 bridgehead atoms. The maximum atomic E-state index is 12.6. The van der Waals surface area contributed by atoms with Gasteiger partial charge in [0, 0.05) is 11.6 Å². The monoisotopic (exact) mass is 394 g/mol. The molecule has 140 valence electrons. The molecule has 0 aliphatic carbocycles. The van der Waals surface area contributed by atoms with Crippen LogP contribution < -0.4 is 9.62 Å². The Hall–Kier alpha value is -2.05. The third kappa shape index (κ3) is 5.22. The van der Waals surface area contributed by atoms with Crippen LogP contribution >= 0.6 is 11.6 Å². The van der Waals surface area contributed by atoms with Crippen LogP contribution in [0.1, 0.15) is 25.3 Å². The lowest BCUT2D eigenvalue weighted by Gasteiger charge is -2.28. The van der Waals surface area contributed by atoms with E-state index in [0.29, 0.717) is 17.3 Å². The van der Waals surface area contributed by atoms with Gasteiger partial charge >= 0.3 is 0 Å². The molecule has 0 saturated heterocycles. The Morgan fingerprint density at radius 2 is 1.77 bits per heavy atom. The largest absolute Gasteiger partial charge is 0.354 e. The second-order valence-electron chi connectivity index (χ2n) is 6.27. The van der Waals surface area contributed by atoms with Crippen molar-refractivity contribution in [2.45, 2.75) is 25.8 Å². The summed E-state index contributed by atoms with van der Waals surface area (Å²) in [7, 11) is -3.66. The normalized spacial score (nSPS) is 13.7. The summed E-state index contributed by atoms with van der Waals surface area (Å²) in [6.45, 7) is 3.98. The van der Waals surface area contributed by atoms with E-state index < -0.39 is 16.1 Å². The molecule has 1 amide bonds. The van der Waals surface area contributed by atoms with E-state index in [1.54, 1.807) is 25.1 Å². The van der Waals surface area contributed by atoms with Crippen molar-refractivity contribution in [3.63, 3.8) is 0 Å². The van der Waals surface area contributed by atoms with Gasteiger partial charge in [0.05, 0.1) is 11.9 Å². The minimum absolute atomic E-state index is 0.116. The van der Waals surface area contributed by atoms with Crippen molar-refractivity contribution in [3.8, 4) is 0 Å². The van der Waals surface area contributed by atoms with Crippen LogP contribution in [0, 0.1) is 0 Å². The molecule has 0 unspecified atom stereocenters. The van der Waals surface area contributed by atoms with E-state index in [0.717, 1.165) is 16.1 Å². The Labute approximate surface area is 160 Å². The third-order valence-electron chi connectivity index (χ3n) is 4.10. The van der Waals surface area contributed by atoms with Gasteiger partial charge in [-0.15, -0.1) is 0 Å². The van der Waals surface area contributed by atoms with E-state index in [1.165, 1.54) is 6.07 Å². The summed E-state index contributed by atoms with van der Waals surface area (Å²) in [6, 6.07) is 15.4. The number of carbonyl (C=O) groups is 1. The van der Waals surface area contributed by atoms with Crippen molar-refractivity contribution in [1.29, 1.82) is 0 Å². The molecule has 0 radical (unpaired) electrons. The van der Waals surface area contributed by atoms with Crippen LogP contribution in [-0.2, 0) is 14.8 Å². The standard InChI is InChI=1S/C19H23ClN2O3S/c1-14(16-8-5-4-6-9-16)13-21-19(23)15(2)22(26(3,24)25)18-11-7-10-17(20)12-18/h4-12,14-15H,13H2,1-3H3,(H,21,23)/t14-,15+/m0/s1. The molecule has 2 aromatic carbocycles. The summed E-state index contributed by atoms with van der Waals surface area (Å²) in [5, 5.41) is 3.24. The first-order valence-corrected chi connectivity index (χ1v) is 10.5. The number of halogens is 1. The fourth-order valence-electron chi connectivity index (χ4n) is 2.72. The molecular formula is C19H23ClN2O3S. The van der Waals surface area contributed by atoms with Crippen LogP contribution in [0.3, 0.4) is 0 Å². The summed E-state index contributed by atoms with van der Waals surface area (Å²) in [4.78, 5) is 12.6. The number of rotatable bonds is 7. The first-order chi connectivity index (χ1) is 12.2. The molecule has 0 fully saturated rings. The highest BCUT2D eigenvalue weighted by molar-refractivity contribution is 7.92. The van der Waals surface area contributed by atoms with Gasteiger partial charge < -0.3 is 5.32 Å². The van der Waals surface area contributed by atoms with Gasteiger partial charge in [0.15, 0.2) is 0 Å². The number of nitrogens with one attached hydrogen (secondary N) is 1. The predicted octanol–water partition coefficient (Wildman–Crippen LogP) is 3.41. The summed E-state index contributed by atoms with van der Waals surface area (Å²) in [5.74, 6) is -0.247. The van der Waals surface area contributed by atoms with Crippen molar-refractivity contribution in [2.24, 2.45) is 0 Å². The highest BCUT2D eigenvalue weighted by Crippen LogP contribution is 2.24. The number of hydrogen-bond donors (Lipinski definition) is 1. The van der Waals surface area contributed by atoms with E-state index in [2.05, 4.69) is 5.32 Å². The molecule has 0 aliphatic rings. The zero-order valence-electron chi connectivity index (χ0n) is 15.0. The second-order valence-corrected chi connectivity index (χ2v) is 8.57. The van der Waals surface area contributed by atoms with Crippen LogP contribution in [0.5, 0.6) is 0 Å². The number of sulfonamides is 1. The highest BCUT2D eigenvalue weighted by atomic mass is 35.5. The molecule has 0 saturated carbocycles. The van der Waals surface area contributed by atoms with Gasteiger partial charge in [-0.3, -0.25) is 9.10 Å². The Bertz CT molecular complexity index is 856. The summed E-state index contributed by atoms with van der Waals surface area (Å²) < 4.78 is 25.6. The number of amides is 1. The van der Waals surface area contributed by atoms with Crippen LogP contribution in [-0.4, -0.2) is 33.2 Å². The molecule has 2 atom stereocenters. The lowest BCUT2D eigenvalue weighted by Crippen LogP contribution is -2.48. The minimum atomic E-state index is -3.66. The Morgan fingerprint density at radius 1 is 1.12 bits per heavy atom. The molecule has 26 heavy (non-hydrogen) atoms. The summed E-state index contributed by atoms with van der Waals surface area (Å²) in [5.41, 5.74) is 1.47. The average Bonchev–Trinajstić information content (AvgIpc) is 2.59. The topological polar surface area (TPSA) is 66.5 Å². The first-order valence-electron chi connectivity index (χ1n) is 8.27. The fourth-order valence-corrected chi connectivity index (χ4v) is 4.07. The van der Waals surface area contributed by atoms with Gasteiger partial charge in [0.25, 0.3) is 0 Å². The van der Waals surface area contributed by atoms with Crippen molar-refractivity contribution in [1.82, 2.24) is 5.32 Å². The lowest BCUT2D eigenvalue weighted by atomic mass is 10.0. The number of benzene rings is 2. The maximum absolute atomic E-state index is 12.6. The highest BCUT2D eigenvalue weighted by Gasteiger charge is 2.29. The molecule has 0 spiro atoms. The number of anilines is 1. The van der Waals surface area contributed by atoms with Gasteiger partial charge in [-0.1, -0.05) is 54.9 Å². The van der Waals surface area contributed by atoms with Crippen LogP contribution in [0.15, 0.2) is 54.6 Å². The second kappa shape index (κ2) is 8.56.